The first-order valence-electron chi connectivity index (χ1n) is 12.4. The van der Waals surface area contributed by atoms with Crippen LogP contribution in [0.5, 0.6) is 5.75 Å². The zero-order valence-corrected chi connectivity index (χ0v) is 19.9. The second kappa shape index (κ2) is 15.3. The monoisotopic (exact) mass is 420 g/mol. The fraction of sp³-hybridized carbons (Fsp3) is 0.769. The molecule has 0 amide bonds. The minimum absolute atomic E-state index is 0.0917. The maximum atomic E-state index is 13.1. The number of hydrogen-bond donors (Lipinski definition) is 1. The van der Waals surface area contributed by atoms with Gasteiger partial charge in [-0.05, 0) is 38.5 Å². The minimum Gasteiger partial charge on any atom is -0.507 e. The Morgan fingerprint density at radius 1 is 0.800 bits per heavy atom. The molecular formula is C26H44O4. The normalized spacial score (nSPS) is 12.3. The van der Waals surface area contributed by atoms with Crippen molar-refractivity contribution >= 4 is 5.78 Å². The van der Waals surface area contributed by atoms with E-state index in [0.717, 1.165) is 70.6 Å². The Bertz CT molecular complexity index is 674. The molecule has 0 unspecified atom stereocenters. The van der Waals surface area contributed by atoms with Crippen LogP contribution in [0, 0.1) is 0 Å². The fourth-order valence-corrected chi connectivity index (χ4v) is 4.01. The number of rotatable bonds is 17. The summed E-state index contributed by atoms with van der Waals surface area (Å²) in [6.07, 6.45) is 13.3. The van der Waals surface area contributed by atoms with Crippen molar-refractivity contribution in [2.75, 3.05) is 0 Å². The van der Waals surface area contributed by atoms with Crippen molar-refractivity contribution in [1.29, 1.82) is 0 Å². The molecule has 0 spiro atoms. The first-order valence-corrected chi connectivity index (χ1v) is 12.4. The molecule has 1 heterocycles. The Balaban J connectivity index is 3.28. The van der Waals surface area contributed by atoms with Gasteiger partial charge in [-0.25, -0.2) is 4.79 Å². The summed E-state index contributed by atoms with van der Waals surface area (Å²) in [5.41, 5.74) is 0.641. The molecule has 1 aromatic heterocycles. The van der Waals surface area contributed by atoms with Gasteiger partial charge in [0.2, 0.25) is 0 Å². The van der Waals surface area contributed by atoms with Gasteiger partial charge in [-0.1, -0.05) is 79.1 Å². The van der Waals surface area contributed by atoms with Gasteiger partial charge in [0.1, 0.15) is 17.3 Å². The van der Waals surface area contributed by atoms with E-state index in [1.807, 2.05) is 0 Å². The average Bonchev–Trinajstić information content (AvgIpc) is 2.73. The van der Waals surface area contributed by atoms with E-state index in [0.29, 0.717) is 42.6 Å². The predicted octanol–water partition coefficient (Wildman–Crippen LogP) is 7.23. The number of aromatic hydroxyl groups is 1. The van der Waals surface area contributed by atoms with Gasteiger partial charge in [-0.3, -0.25) is 4.79 Å². The molecule has 172 valence electrons. The van der Waals surface area contributed by atoms with Crippen LogP contribution in [0.2, 0.25) is 0 Å². The molecule has 0 aliphatic rings. The standard InChI is InChI=1S/C26H44O4/c1-5-9-13-15-18-22-24(28)21(17-12-8-4)25(30-26(22)29)20(16-11-7-3)23(27)19-14-10-6-2/h20,28H,5-19H2,1-4H3/t20-/m1/s1. The third-order valence-corrected chi connectivity index (χ3v) is 5.96. The highest BCUT2D eigenvalue weighted by atomic mass is 16.4. The van der Waals surface area contributed by atoms with Crippen molar-refractivity contribution in [3.05, 3.63) is 27.3 Å². The fourth-order valence-electron chi connectivity index (χ4n) is 4.01. The smallest absolute Gasteiger partial charge is 0.342 e. The van der Waals surface area contributed by atoms with Crippen molar-refractivity contribution in [2.45, 2.75) is 130 Å². The highest BCUT2D eigenvalue weighted by molar-refractivity contribution is 5.85. The van der Waals surface area contributed by atoms with Crippen LogP contribution >= 0.6 is 0 Å². The van der Waals surface area contributed by atoms with E-state index in [1.54, 1.807) is 0 Å². The summed E-state index contributed by atoms with van der Waals surface area (Å²) >= 11 is 0. The Morgan fingerprint density at radius 3 is 2.03 bits per heavy atom. The molecule has 0 fully saturated rings. The van der Waals surface area contributed by atoms with E-state index in [1.165, 1.54) is 0 Å². The topological polar surface area (TPSA) is 67.5 Å². The van der Waals surface area contributed by atoms with Gasteiger partial charge in [0.25, 0.3) is 0 Å². The van der Waals surface area contributed by atoms with Crippen molar-refractivity contribution < 1.29 is 14.3 Å². The number of Topliss-reactive ketones (excluding diaryl/α,β-unsaturated/α-hetero) is 1. The molecule has 1 aromatic rings. The van der Waals surface area contributed by atoms with Gasteiger partial charge < -0.3 is 9.52 Å². The maximum absolute atomic E-state index is 13.1. The molecule has 1 rings (SSSR count). The van der Waals surface area contributed by atoms with E-state index in [4.69, 9.17) is 4.42 Å². The van der Waals surface area contributed by atoms with E-state index in [9.17, 15) is 14.7 Å². The summed E-state index contributed by atoms with van der Waals surface area (Å²) in [4.78, 5) is 25.8. The van der Waals surface area contributed by atoms with Crippen LogP contribution in [-0.2, 0) is 17.6 Å². The van der Waals surface area contributed by atoms with Crippen molar-refractivity contribution in [1.82, 2.24) is 0 Å². The minimum atomic E-state index is -0.456. The first-order chi connectivity index (χ1) is 14.5. The molecule has 0 bridgehead atoms. The molecule has 0 aromatic carbocycles. The summed E-state index contributed by atoms with van der Waals surface area (Å²) in [5.74, 6) is 0.265. The number of unbranched alkanes of at least 4 members (excludes halogenated alkanes) is 7. The number of ketones is 1. The van der Waals surface area contributed by atoms with Crippen LogP contribution in [0.25, 0.3) is 0 Å². The molecule has 1 atom stereocenters. The summed E-state index contributed by atoms with van der Waals surface area (Å²) in [6.45, 7) is 8.48. The van der Waals surface area contributed by atoms with E-state index in [-0.39, 0.29) is 11.5 Å². The molecule has 0 radical (unpaired) electrons. The second-order valence-electron chi connectivity index (χ2n) is 8.59. The first kappa shape index (κ1) is 26.5. The second-order valence-corrected chi connectivity index (χ2v) is 8.59. The van der Waals surface area contributed by atoms with E-state index in [2.05, 4.69) is 27.7 Å². The molecule has 0 saturated heterocycles. The van der Waals surface area contributed by atoms with Gasteiger partial charge in [0, 0.05) is 12.0 Å². The Hall–Kier alpha value is -1.58. The van der Waals surface area contributed by atoms with Gasteiger partial charge in [0.05, 0.1) is 11.5 Å². The average molecular weight is 421 g/mol. The third-order valence-electron chi connectivity index (χ3n) is 5.96. The zero-order chi connectivity index (χ0) is 22.4. The van der Waals surface area contributed by atoms with Gasteiger partial charge in [-0.2, -0.15) is 0 Å². The van der Waals surface area contributed by atoms with Crippen LogP contribution in [0.15, 0.2) is 9.21 Å². The molecule has 4 heteroatoms. The third kappa shape index (κ3) is 8.28. The highest BCUT2D eigenvalue weighted by Crippen LogP contribution is 2.34. The number of carbonyl (C=O) groups is 1. The number of carbonyl (C=O) groups excluding carboxylic acids is 1. The Kier molecular flexibility index (Phi) is 13.5. The summed E-state index contributed by atoms with van der Waals surface area (Å²) < 4.78 is 5.82. The van der Waals surface area contributed by atoms with E-state index >= 15 is 0 Å². The number of hydrogen-bond acceptors (Lipinski definition) is 4. The molecular weight excluding hydrogens is 376 g/mol. The summed E-state index contributed by atoms with van der Waals surface area (Å²) in [6, 6.07) is 0. The molecule has 30 heavy (non-hydrogen) atoms. The lowest BCUT2D eigenvalue weighted by molar-refractivity contribution is -0.121. The predicted molar refractivity (Wildman–Crippen MR) is 125 cm³/mol. The van der Waals surface area contributed by atoms with Gasteiger partial charge in [0.15, 0.2) is 0 Å². The van der Waals surface area contributed by atoms with Crippen LogP contribution in [0.1, 0.15) is 134 Å². The molecule has 0 aliphatic carbocycles. The van der Waals surface area contributed by atoms with Crippen molar-refractivity contribution in [2.24, 2.45) is 0 Å². The van der Waals surface area contributed by atoms with Crippen LogP contribution in [0.4, 0.5) is 0 Å². The lowest BCUT2D eigenvalue weighted by atomic mass is 9.87. The quantitative estimate of drug-likeness (QED) is 0.270. The lowest BCUT2D eigenvalue weighted by Gasteiger charge is -2.20. The molecule has 4 nitrogen and oxygen atoms in total. The maximum Gasteiger partial charge on any atom is 0.342 e. The van der Waals surface area contributed by atoms with Crippen LogP contribution < -0.4 is 5.63 Å². The largest absolute Gasteiger partial charge is 0.507 e. The van der Waals surface area contributed by atoms with Crippen LogP contribution in [-0.4, -0.2) is 10.9 Å². The molecule has 0 aliphatic heterocycles. The highest BCUT2D eigenvalue weighted by Gasteiger charge is 2.29. The van der Waals surface area contributed by atoms with Crippen LogP contribution in [0.3, 0.4) is 0 Å². The summed E-state index contributed by atoms with van der Waals surface area (Å²) in [7, 11) is 0. The van der Waals surface area contributed by atoms with Gasteiger partial charge >= 0.3 is 5.63 Å². The Morgan fingerprint density at radius 2 is 1.40 bits per heavy atom. The SMILES string of the molecule is CCCCCCc1c(O)c(CCCC)c([C@H](CCCC)C(=O)CCCCC)oc1=O. The zero-order valence-electron chi connectivity index (χ0n) is 19.9. The molecule has 1 N–H and O–H groups in total. The Labute approximate surface area is 183 Å². The van der Waals surface area contributed by atoms with Gasteiger partial charge in [-0.15, -0.1) is 0 Å². The molecule has 0 saturated carbocycles. The van der Waals surface area contributed by atoms with Crippen molar-refractivity contribution in [3.63, 3.8) is 0 Å². The van der Waals surface area contributed by atoms with E-state index < -0.39 is 11.5 Å². The lowest BCUT2D eigenvalue weighted by Crippen LogP contribution is -2.20. The van der Waals surface area contributed by atoms with Crippen molar-refractivity contribution in [3.8, 4) is 5.75 Å². The summed E-state index contributed by atoms with van der Waals surface area (Å²) in [5, 5.41) is 11.0.